The second-order valence-corrected chi connectivity index (χ2v) is 4.46. The molecule has 1 aromatic carbocycles. The van der Waals surface area contributed by atoms with Gasteiger partial charge in [-0.2, -0.15) is 0 Å². The first-order valence-electron chi connectivity index (χ1n) is 5.54. The Morgan fingerprint density at radius 2 is 2.07 bits per heavy atom. The molecular weight excluding hydrogens is 182 g/mol. The van der Waals surface area contributed by atoms with Crippen LogP contribution in [0.5, 0.6) is 0 Å². The zero-order chi connectivity index (χ0) is 10.4. The van der Waals surface area contributed by atoms with Gasteiger partial charge in [-0.25, -0.2) is 0 Å². The van der Waals surface area contributed by atoms with Crippen molar-refractivity contribution >= 4 is 17.0 Å². The highest BCUT2D eigenvalue weighted by atomic mass is 14.7. The minimum Gasteiger partial charge on any atom is -0.358 e. The van der Waals surface area contributed by atoms with E-state index in [1.54, 1.807) is 0 Å². The predicted molar refractivity (Wildman–Crippen MR) is 65.1 cm³/mol. The summed E-state index contributed by atoms with van der Waals surface area (Å²) in [6.07, 6.45) is 6.85. The topological polar surface area (TPSA) is 15.8 Å². The van der Waals surface area contributed by atoms with Gasteiger partial charge in [0.15, 0.2) is 0 Å². The van der Waals surface area contributed by atoms with Gasteiger partial charge in [-0.3, -0.25) is 0 Å². The summed E-state index contributed by atoms with van der Waals surface area (Å²) in [5.41, 5.74) is 6.83. The van der Waals surface area contributed by atoms with Crippen molar-refractivity contribution in [2.45, 2.75) is 26.7 Å². The number of benzene rings is 1. The molecule has 1 heteroatoms. The summed E-state index contributed by atoms with van der Waals surface area (Å²) < 4.78 is 0. The zero-order valence-corrected chi connectivity index (χ0v) is 9.22. The minimum atomic E-state index is 1.15. The fourth-order valence-electron chi connectivity index (χ4n) is 2.54. The molecule has 1 aliphatic rings. The molecule has 0 atom stereocenters. The van der Waals surface area contributed by atoms with Crippen LogP contribution in [0.3, 0.4) is 0 Å². The molecule has 1 aliphatic carbocycles. The number of H-pyrrole nitrogens is 1. The van der Waals surface area contributed by atoms with Crippen molar-refractivity contribution in [2.75, 3.05) is 0 Å². The molecular formula is C14H15N. The van der Waals surface area contributed by atoms with Gasteiger partial charge in [-0.15, -0.1) is 0 Å². The Labute approximate surface area is 89.8 Å². The first kappa shape index (κ1) is 8.78. The van der Waals surface area contributed by atoms with Crippen molar-refractivity contribution in [1.29, 1.82) is 0 Å². The van der Waals surface area contributed by atoms with Gasteiger partial charge in [0.25, 0.3) is 0 Å². The second kappa shape index (κ2) is 2.99. The average molecular weight is 197 g/mol. The number of aromatic nitrogens is 1. The molecule has 0 aliphatic heterocycles. The van der Waals surface area contributed by atoms with Crippen molar-refractivity contribution in [3.63, 3.8) is 0 Å². The molecule has 1 N–H and O–H groups in total. The maximum atomic E-state index is 3.56. The van der Waals surface area contributed by atoms with Crippen molar-refractivity contribution < 1.29 is 0 Å². The van der Waals surface area contributed by atoms with E-state index < -0.39 is 0 Å². The molecule has 1 heterocycles. The molecule has 0 saturated carbocycles. The number of rotatable bonds is 0. The molecule has 2 aromatic rings. The highest BCUT2D eigenvalue weighted by molar-refractivity contribution is 5.93. The van der Waals surface area contributed by atoms with Crippen molar-refractivity contribution in [3.05, 3.63) is 40.6 Å². The van der Waals surface area contributed by atoms with E-state index in [-0.39, 0.29) is 0 Å². The third-order valence-electron chi connectivity index (χ3n) is 3.22. The summed E-state index contributed by atoms with van der Waals surface area (Å²) in [6.45, 7) is 4.35. The molecule has 0 amide bonds. The lowest BCUT2D eigenvalue weighted by Crippen LogP contribution is -1.90. The molecule has 0 radical (unpaired) electrons. The lowest BCUT2D eigenvalue weighted by molar-refractivity contribution is 0.950. The van der Waals surface area contributed by atoms with Gasteiger partial charge in [0.05, 0.1) is 0 Å². The van der Waals surface area contributed by atoms with Crippen LogP contribution in [0.25, 0.3) is 17.0 Å². The molecule has 3 rings (SSSR count). The van der Waals surface area contributed by atoms with Crippen LogP contribution < -0.4 is 0 Å². The molecule has 1 aromatic heterocycles. The van der Waals surface area contributed by atoms with Crippen LogP contribution >= 0.6 is 0 Å². The van der Waals surface area contributed by atoms with E-state index in [1.165, 1.54) is 33.3 Å². The fraction of sp³-hybridized carbons (Fsp3) is 0.286. The summed E-state index contributed by atoms with van der Waals surface area (Å²) in [5.74, 6) is 0. The summed E-state index contributed by atoms with van der Waals surface area (Å²) in [5, 5.41) is 1.39. The van der Waals surface area contributed by atoms with Gasteiger partial charge >= 0.3 is 0 Å². The second-order valence-electron chi connectivity index (χ2n) is 4.46. The van der Waals surface area contributed by atoms with Crippen LogP contribution in [0.15, 0.2) is 18.2 Å². The number of aryl methyl sites for hydroxylation is 3. The first-order chi connectivity index (χ1) is 7.25. The normalized spacial score (nSPS) is 14.5. The molecule has 1 nitrogen and oxygen atoms in total. The molecule has 76 valence electrons. The van der Waals surface area contributed by atoms with Gasteiger partial charge < -0.3 is 4.98 Å². The van der Waals surface area contributed by atoms with E-state index in [4.69, 9.17) is 0 Å². The maximum Gasteiger partial charge on any atom is 0.0492 e. The van der Waals surface area contributed by atoms with Crippen LogP contribution in [0, 0.1) is 13.8 Å². The highest BCUT2D eigenvalue weighted by Crippen LogP contribution is 2.30. The molecule has 15 heavy (non-hydrogen) atoms. The van der Waals surface area contributed by atoms with E-state index in [2.05, 4.69) is 43.1 Å². The van der Waals surface area contributed by atoms with Crippen LogP contribution in [0.1, 0.15) is 28.8 Å². The number of fused-ring (bicyclic) bond motifs is 3. The SMILES string of the molecule is Cc1cc(C)c2[nH]c3c(c2c1)C=CCC3. The van der Waals surface area contributed by atoms with Crippen molar-refractivity contribution in [3.8, 4) is 0 Å². The molecule has 0 spiro atoms. The number of hydrogen-bond donors (Lipinski definition) is 1. The summed E-state index contributed by atoms with van der Waals surface area (Å²) in [4.78, 5) is 3.56. The number of aromatic amines is 1. The van der Waals surface area contributed by atoms with Gasteiger partial charge in [0.2, 0.25) is 0 Å². The van der Waals surface area contributed by atoms with Crippen LogP contribution in [0.4, 0.5) is 0 Å². The van der Waals surface area contributed by atoms with E-state index in [0.29, 0.717) is 0 Å². The zero-order valence-electron chi connectivity index (χ0n) is 9.22. The standard InChI is InChI=1S/C14H15N/c1-9-7-10(2)14-12(8-9)11-5-3-4-6-13(11)15-14/h3,5,7-8,15H,4,6H2,1-2H3. The smallest absolute Gasteiger partial charge is 0.0492 e. The van der Waals surface area contributed by atoms with E-state index in [9.17, 15) is 0 Å². The van der Waals surface area contributed by atoms with Crippen LogP contribution in [0.2, 0.25) is 0 Å². The van der Waals surface area contributed by atoms with E-state index in [0.717, 1.165) is 12.8 Å². The third-order valence-corrected chi connectivity index (χ3v) is 3.22. The Balaban J connectivity index is 2.43. The Bertz CT molecular complexity index is 558. The predicted octanol–water partition coefficient (Wildman–Crippen LogP) is 3.74. The number of hydrogen-bond acceptors (Lipinski definition) is 0. The number of allylic oxidation sites excluding steroid dienone is 1. The lowest BCUT2D eigenvalue weighted by Gasteiger charge is -2.03. The molecule has 0 saturated heterocycles. The van der Waals surface area contributed by atoms with Gasteiger partial charge in [-0.1, -0.05) is 23.8 Å². The summed E-state index contributed by atoms with van der Waals surface area (Å²) >= 11 is 0. The monoisotopic (exact) mass is 197 g/mol. The quantitative estimate of drug-likeness (QED) is 0.662. The van der Waals surface area contributed by atoms with Gasteiger partial charge in [-0.05, 0) is 38.3 Å². The molecule has 0 bridgehead atoms. The molecule has 0 fully saturated rings. The first-order valence-corrected chi connectivity index (χ1v) is 5.54. The minimum absolute atomic E-state index is 1.15. The Morgan fingerprint density at radius 1 is 1.20 bits per heavy atom. The van der Waals surface area contributed by atoms with Crippen molar-refractivity contribution in [2.24, 2.45) is 0 Å². The Morgan fingerprint density at radius 3 is 2.93 bits per heavy atom. The van der Waals surface area contributed by atoms with Crippen molar-refractivity contribution in [1.82, 2.24) is 4.98 Å². The third kappa shape index (κ3) is 1.23. The fourth-order valence-corrected chi connectivity index (χ4v) is 2.54. The molecule has 0 unspecified atom stereocenters. The van der Waals surface area contributed by atoms with Gasteiger partial charge in [0.1, 0.15) is 0 Å². The summed E-state index contributed by atoms with van der Waals surface area (Å²) in [7, 11) is 0. The summed E-state index contributed by atoms with van der Waals surface area (Å²) in [6, 6.07) is 4.53. The lowest BCUT2D eigenvalue weighted by atomic mass is 10.0. The van der Waals surface area contributed by atoms with Crippen LogP contribution in [-0.2, 0) is 6.42 Å². The van der Waals surface area contributed by atoms with E-state index in [1.807, 2.05) is 0 Å². The Hall–Kier alpha value is -1.50. The van der Waals surface area contributed by atoms with Gasteiger partial charge in [0, 0.05) is 22.2 Å². The average Bonchev–Trinajstić information content (AvgIpc) is 2.57. The van der Waals surface area contributed by atoms with E-state index >= 15 is 0 Å². The maximum absolute atomic E-state index is 3.56. The number of nitrogens with one attached hydrogen (secondary N) is 1. The highest BCUT2D eigenvalue weighted by Gasteiger charge is 2.12. The van der Waals surface area contributed by atoms with Crippen LogP contribution in [-0.4, -0.2) is 4.98 Å². The Kier molecular flexibility index (Phi) is 1.75. The largest absolute Gasteiger partial charge is 0.358 e.